The van der Waals surface area contributed by atoms with Gasteiger partial charge in [-0.1, -0.05) is 11.6 Å². The zero-order valence-electron chi connectivity index (χ0n) is 7.32. The molecule has 3 nitrogen and oxygen atoms in total. The Morgan fingerprint density at radius 2 is 2.07 bits per heavy atom. The van der Waals surface area contributed by atoms with E-state index in [0.717, 1.165) is 6.07 Å². The monoisotopic (exact) mass is 233 g/mol. The summed E-state index contributed by atoms with van der Waals surface area (Å²) in [6.07, 6.45) is -1.41. The summed E-state index contributed by atoms with van der Waals surface area (Å²) in [6, 6.07) is 5.14. The molecule has 0 heterocycles. The third-order valence-corrected chi connectivity index (χ3v) is 1.78. The van der Waals surface area contributed by atoms with E-state index in [4.69, 9.17) is 22.0 Å². The van der Waals surface area contributed by atoms with E-state index in [-0.39, 0.29) is 16.3 Å². The molecule has 0 aliphatic carbocycles. The second kappa shape index (κ2) is 4.91. The van der Waals surface area contributed by atoms with Gasteiger partial charge < -0.3 is 9.84 Å². The Hall–Kier alpha value is -1.38. The van der Waals surface area contributed by atoms with Gasteiger partial charge in [-0.3, -0.25) is 0 Å². The largest absolute Gasteiger partial charge is 0.435 e. The van der Waals surface area contributed by atoms with Crippen molar-refractivity contribution in [2.75, 3.05) is 0 Å². The minimum absolute atomic E-state index is 0.109. The van der Waals surface area contributed by atoms with Crippen molar-refractivity contribution in [2.45, 2.75) is 12.7 Å². The van der Waals surface area contributed by atoms with Gasteiger partial charge in [0.05, 0.1) is 6.07 Å². The summed E-state index contributed by atoms with van der Waals surface area (Å²) in [5.41, 5.74) is 0.112. The first-order chi connectivity index (χ1) is 7.02. The number of aliphatic hydroxyl groups excluding tert-OH is 1. The number of ether oxygens (including phenoxy) is 1. The fourth-order valence-corrected chi connectivity index (χ4v) is 1.22. The van der Waals surface area contributed by atoms with Crippen molar-refractivity contribution in [1.82, 2.24) is 0 Å². The van der Waals surface area contributed by atoms with Gasteiger partial charge in [-0.25, -0.2) is 0 Å². The van der Waals surface area contributed by atoms with Gasteiger partial charge in [-0.15, -0.1) is 0 Å². The smallest absolute Gasteiger partial charge is 0.387 e. The number of rotatable bonds is 3. The number of alkyl halides is 2. The van der Waals surface area contributed by atoms with Crippen LogP contribution in [0.5, 0.6) is 5.75 Å². The van der Waals surface area contributed by atoms with Crippen LogP contribution < -0.4 is 4.74 Å². The molecule has 0 saturated carbocycles. The summed E-state index contributed by atoms with van der Waals surface area (Å²) in [6.45, 7) is -2.98. The number of hydrogen-bond acceptors (Lipinski definition) is 3. The summed E-state index contributed by atoms with van der Waals surface area (Å²) in [5, 5.41) is 17.7. The van der Waals surface area contributed by atoms with Crippen LogP contribution in [0.2, 0.25) is 5.02 Å². The minimum atomic E-state index is -2.98. The van der Waals surface area contributed by atoms with E-state index in [1.54, 1.807) is 6.07 Å². The average Bonchev–Trinajstić information content (AvgIpc) is 2.14. The highest BCUT2D eigenvalue weighted by Crippen LogP contribution is 2.25. The number of halogens is 3. The predicted molar refractivity (Wildman–Crippen MR) is 48.7 cm³/mol. The molecular formula is C9H6ClF2NO2. The van der Waals surface area contributed by atoms with Crippen molar-refractivity contribution in [3.05, 3.63) is 28.8 Å². The normalized spacial score (nSPS) is 12.3. The molecule has 0 saturated heterocycles. The number of aliphatic hydroxyl groups is 1. The molecule has 1 rings (SSSR count). The van der Waals surface area contributed by atoms with Crippen molar-refractivity contribution < 1.29 is 18.6 Å². The molecule has 1 N–H and O–H groups in total. The van der Waals surface area contributed by atoms with Crippen LogP contribution in [-0.4, -0.2) is 11.7 Å². The Balaban J connectivity index is 3.01. The Kier molecular flexibility index (Phi) is 3.83. The molecular weight excluding hydrogens is 228 g/mol. The number of nitriles is 1. The number of nitrogens with zero attached hydrogens (tertiary/aromatic N) is 1. The molecule has 1 aromatic rings. The molecule has 6 heteroatoms. The zero-order chi connectivity index (χ0) is 11.4. The lowest BCUT2D eigenvalue weighted by Crippen LogP contribution is -2.03. The Bertz CT molecular complexity index is 392. The molecule has 15 heavy (non-hydrogen) atoms. The molecule has 0 fully saturated rings. The van der Waals surface area contributed by atoms with Crippen molar-refractivity contribution in [3.8, 4) is 11.8 Å². The molecule has 0 aliphatic heterocycles. The maximum absolute atomic E-state index is 11.9. The Morgan fingerprint density at radius 1 is 1.40 bits per heavy atom. The van der Waals surface area contributed by atoms with E-state index in [2.05, 4.69) is 4.74 Å². The minimum Gasteiger partial charge on any atom is -0.435 e. The molecule has 1 unspecified atom stereocenters. The van der Waals surface area contributed by atoms with Crippen LogP contribution in [0.1, 0.15) is 11.7 Å². The van der Waals surface area contributed by atoms with E-state index in [9.17, 15) is 8.78 Å². The summed E-state index contributed by atoms with van der Waals surface area (Å²) in [4.78, 5) is 0. The van der Waals surface area contributed by atoms with Gasteiger partial charge in [0.15, 0.2) is 6.10 Å². The van der Waals surface area contributed by atoms with Gasteiger partial charge >= 0.3 is 6.61 Å². The van der Waals surface area contributed by atoms with Crippen LogP contribution in [0.25, 0.3) is 0 Å². The first-order valence-corrected chi connectivity index (χ1v) is 4.23. The first kappa shape index (κ1) is 11.7. The summed E-state index contributed by atoms with van der Waals surface area (Å²) in [7, 11) is 0. The lowest BCUT2D eigenvalue weighted by atomic mass is 10.1. The molecule has 0 spiro atoms. The van der Waals surface area contributed by atoms with Gasteiger partial charge in [-0.05, 0) is 23.8 Å². The molecule has 0 radical (unpaired) electrons. The van der Waals surface area contributed by atoms with Crippen LogP contribution in [0, 0.1) is 11.3 Å². The molecule has 1 atom stereocenters. The van der Waals surface area contributed by atoms with E-state index >= 15 is 0 Å². The third kappa shape index (κ3) is 3.35. The topological polar surface area (TPSA) is 53.2 Å². The van der Waals surface area contributed by atoms with Gasteiger partial charge in [0, 0.05) is 5.02 Å². The van der Waals surface area contributed by atoms with Crippen LogP contribution in [0.4, 0.5) is 8.78 Å². The quantitative estimate of drug-likeness (QED) is 0.816. The third-order valence-electron chi connectivity index (χ3n) is 1.56. The first-order valence-electron chi connectivity index (χ1n) is 3.86. The summed E-state index contributed by atoms with van der Waals surface area (Å²) >= 11 is 5.59. The fraction of sp³-hybridized carbons (Fsp3) is 0.222. The van der Waals surface area contributed by atoms with Crippen molar-refractivity contribution in [3.63, 3.8) is 0 Å². The Morgan fingerprint density at radius 3 is 2.60 bits per heavy atom. The summed E-state index contributed by atoms with van der Waals surface area (Å²) in [5.74, 6) is -0.193. The van der Waals surface area contributed by atoms with Crippen LogP contribution >= 0.6 is 11.6 Å². The van der Waals surface area contributed by atoms with Crippen molar-refractivity contribution in [2.24, 2.45) is 0 Å². The zero-order valence-corrected chi connectivity index (χ0v) is 8.08. The highest BCUT2D eigenvalue weighted by molar-refractivity contribution is 6.30. The lowest BCUT2D eigenvalue weighted by Gasteiger charge is -2.08. The van der Waals surface area contributed by atoms with Crippen molar-refractivity contribution in [1.29, 1.82) is 5.26 Å². The van der Waals surface area contributed by atoms with Gasteiger partial charge in [0.25, 0.3) is 0 Å². The maximum Gasteiger partial charge on any atom is 0.387 e. The van der Waals surface area contributed by atoms with E-state index in [1.807, 2.05) is 0 Å². The van der Waals surface area contributed by atoms with Gasteiger partial charge in [0.1, 0.15) is 5.75 Å². The lowest BCUT2D eigenvalue weighted by molar-refractivity contribution is -0.0499. The highest BCUT2D eigenvalue weighted by Gasteiger charge is 2.11. The molecule has 0 aromatic heterocycles. The van der Waals surface area contributed by atoms with Crippen LogP contribution in [0.15, 0.2) is 18.2 Å². The Labute approximate surface area is 89.5 Å². The highest BCUT2D eigenvalue weighted by atomic mass is 35.5. The van der Waals surface area contributed by atoms with E-state index in [1.165, 1.54) is 12.1 Å². The molecule has 0 aliphatic rings. The van der Waals surface area contributed by atoms with Crippen molar-refractivity contribution >= 4 is 11.6 Å². The number of benzene rings is 1. The second-order valence-corrected chi connectivity index (χ2v) is 3.07. The molecule has 1 aromatic carbocycles. The standard InChI is InChI=1S/C9H6ClF2NO2/c10-6-1-5(8(14)4-13)2-7(3-6)15-9(11)12/h1-3,8-9,14H. The van der Waals surface area contributed by atoms with Crippen LogP contribution in [0.3, 0.4) is 0 Å². The SMILES string of the molecule is N#CC(O)c1cc(Cl)cc(OC(F)F)c1. The molecule has 80 valence electrons. The second-order valence-electron chi connectivity index (χ2n) is 2.63. The van der Waals surface area contributed by atoms with E-state index in [0.29, 0.717) is 0 Å². The predicted octanol–water partition coefficient (Wildman–Crippen LogP) is 2.50. The fourth-order valence-electron chi connectivity index (χ4n) is 0.988. The molecule has 0 bridgehead atoms. The molecule has 0 amide bonds. The van der Waals surface area contributed by atoms with Gasteiger partial charge in [0.2, 0.25) is 0 Å². The maximum atomic E-state index is 11.9. The van der Waals surface area contributed by atoms with E-state index < -0.39 is 12.7 Å². The van der Waals surface area contributed by atoms with Crippen LogP contribution in [-0.2, 0) is 0 Å². The number of hydrogen-bond donors (Lipinski definition) is 1. The van der Waals surface area contributed by atoms with Gasteiger partial charge in [-0.2, -0.15) is 14.0 Å². The summed E-state index contributed by atoms with van der Waals surface area (Å²) < 4.78 is 27.8. The average molecular weight is 234 g/mol.